The van der Waals surface area contributed by atoms with Crippen LogP contribution in [0.3, 0.4) is 0 Å². The predicted octanol–water partition coefficient (Wildman–Crippen LogP) is 3.37. The Bertz CT molecular complexity index is 751. The van der Waals surface area contributed by atoms with Gasteiger partial charge in [0.2, 0.25) is 0 Å². The minimum absolute atomic E-state index is 0. The quantitative estimate of drug-likeness (QED) is 0.698. The lowest BCUT2D eigenvalue weighted by Crippen LogP contribution is -2.14. The zero-order chi connectivity index (χ0) is 12.7. The molecule has 0 saturated carbocycles. The molecule has 1 aromatic carbocycles. The van der Waals surface area contributed by atoms with Crippen LogP contribution in [0.25, 0.3) is 20.8 Å². The minimum atomic E-state index is 0. The van der Waals surface area contributed by atoms with Gasteiger partial charge in [-0.15, -0.1) is 23.7 Å². The molecule has 0 amide bonds. The average molecular weight is 292 g/mol. The number of anilines is 1. The third-order valence-electron chi connectivity index (χ3n) is 2.85. The van der Waals surface area contributed by atoms with E-state index in [4.69, 9.17) is 10.4 Å². The van der Waals surface area contributed by atoms with Gasteiger partial charge in [-0.2, -0.15) is 0 Å². The van der Waals surface area contributed by atoms with Gasteiger partial charge in [0.1, 0.15) is 5.69 Å². The van der Waals surface area contributed by atoms with Crippen LogP contribution in [0.4, 0.5) is 5.69 Å². The van der Waals surface area contributed by atoms with Gasteiger partial charge in [-0.05, 0) is 24.3 Å². The fourth-order valence-electron chi connectivity index (χ4n) is 2.00. The zero-order valence-corrected chi connectivity index (χ0v) is 12.3. The van der Waals surface area contributed by atoms with E-state index in [1.54, 1.807) is 11.3 Å². The molecule has 98 valence electrons. The van der Waals surface area contributed by atoms with Crippen molar-refractivity contribution in [3.63, 3.8) is 0 Å². The number of para-hydroxylation sites is 1. The Morgan fingerprint density at radius 1 is 1.16 bits per heavy atom. The van der Waals surface area contributed by atoms with Crippen molar-refractivity contribution in [1.82, 2.24) is 4.98 Å². The molecule has 1 N–H and O–H groups in total. The molecule has 2 aliphatic rings. The van der Waals surface area contributed by atoms with E-state index in [-0.39, 0.29) is 12.4 Å². The van der Waals surface area contributed by atoms with Crippen molar-refractivity contribution in [2.45, 2.75) is 0 Å². The Morgan fingerprint density at radius 2 is 1.89 bits per heavy atom. The Morgan fingerprint density at radius 3 is 2.63 bits per heavy atom. The number of halogens is 1. The van der Waals surface area contributed by atoms with E-state index in [0.717, 1.165) is 26.5 Å². The third-order valence-corrected chi connectivity index (χ3v) is 3.95. The molecule has 0 atom stereocenters. The highest BCUT2D eigenvalue weighted by Crippen LogP contribution is 2.34. The molecule has 1 heterocycles. The molecule has 3 rings (SSSR count). The van der Waals surface area contributed by atoms with Crippen LogP contribution in [0.15, 0.2) is 36.4 Å². The van der Waals surface area contributed by atoms with Crippen molar-refractivity contribution < 1.29 is 0 Å². The van der Waals surface area contributed by atoms with Gasteiger partial charge in [0, 0.05) is 14.1 Å². The molecule has 1 aliphatic heterocycles. The van der Waals surface area contributed by atoms with E-state index in [1.165, 1.54) is 0 Å². The predicted molar refractivity (Wildman–Crippen MR) is 83.7 cm³/mol. The van der Waals surface area contributed by atoms with Crippen molar-refractivity contribution in [2.75, 3.05) is 19.0 Å². The van der Waals surface area contributed by atoms with E-state index in [1.807, 2.05) is 49.3 Å². The summed E-state index contributed by atoms with van der Waals surface area (Å²) in [5.41, 5.74) is 2.98. The van der Waals surface area contributed by atoms with Crippen LogP contribution in [0, 0.1) is 5.41 Å². The second-order valence-corrected chi connectivity index (χ2v) is 5.50. The smallest absolute Gasteiger partial charge is 0.104 e. The number of nitrogens with zero attached hydrogens (tertiary/aromatic N) is 2. The number of aromatic nitrogens is 1. The Kier molecular flexibility index (Phi) is 3.73. The lowest BCUT2D eigenvalue weighted by atomic mass is 10.2. The summed E-state index contributed by atoms with van der Waals surface area (Å²) in [5.74, 6) is 0. The molecule has 1 aliphatic carbocycles. The number of rotatable bonds is 1. The summed E-state index contributed by atoms with van der Waals surface area (Å²) in [5, 5.41) is 8.40. The maximum absolute atomic E-state index is 7.87. The third kappa shape index (κ3) is 2.41. The molecule has 0 fully saturated rings. The van der Waals surface area contributed by atoms with Crippen molar-refractivity contribution in [3.8, 4) is 10.6 Å². The number of hydrogen-bond acceptors (Lipinski definition) is 4. The minimum Gasteiger partial charge on any atom is -0.376 e. The molecule has 1 aromatic rings. The largest absolute Gasteiger partial charge is 0.376 e. The molecule has 0 saturated heterocycles. The van der Waals surface area contributed by atoms with Crippen LogP contribution in [-0.2, 0) is 0 Å². The molecular formula is C14H14ClN3S. The standard InChI is InChI=1S/C14H13N3S.ClH/c1-17(2)11-7-9(15)8-13-14(11)16-10-5-3-4-6-12(10)18-13;/h3-8,15H,1-2H3;1H. The summed E-state index contributed by atoms with van der Waals surface area (Å²) in [4.78, 5) is 7.79. The van der Waals surface area contributed by atoms with Crippen LogP contribution in [0.2, 0.25) is 0 Å². The monoisotopic (exact) mass is 291 g/mol. The molecule has 0 radical (unpaired) electrons. The number of hydrogen-bond donors (Lipinski definition) is 1. The molecule has 0 spiro atoms. The Balaban J connectivity index is 0.00000133. The summed E-state index contributed by atoms with van der Waals surface area (Å²) >= 11 is 1.69. The number of fused-ring (bicyclic) bond motifs is 2. The van der Waals surface area contributed by atoms with E-state index in [2.05, 4.69) is 6.07 Å². The zero-order valence-electron chi connectivity index (χ0n) is 10.7. The molecule has 19 heavy (non-hydrogen) atoms. The van der Waals surface area contributed by atoms with E-state index < -0.39 is 0 Å². The summed E-state index contributed by atoms with van der Waals surface area (Å²) in [6.45, 7) is 0. The average Bonchev–Trinajstić information content (AvgIpc) is 2.35. The number of benzene rings is 2. The lowest BCUT2D eigenvalue weighted by Gasteiger charge is -2.17. The Hall–Kier alpha value is -1.65. The van der Waals surface area contributed by atoms with Gasteiger partial charge in [0.05, 0.1) is 26.1 Å². The molecule has 0 aromatic heterocycles. The van der Waals surface area contributed by atoms with Crippen molar-refractivity contribution in [3.05, 3.63) is 41.8 Å². The van der Waals surface area contributed by atoms with Gasteiger partial charge in [0.25, 0.3) is 0 Å². The lowest BCUT2D eigenvalue weighted by molar-refractivity contribution is 1.11. The fraction of sp³-hybridized carbons (Fsp3) is 0.143. The van der Waals surface area contributed by atoms with Crippen LogP contribution in [0.1, 0.15) is 0 Å². The normalized spacial score (nSPS) is 10.4. The highest BCUT2D eigenvalue weighted by Gasteiger charge is 2.13. The van der Waals surface area contributed by atoms with Gasteiger partial charge in [-0.3, -0.25) is 0 Å². The second-order valence-electron chi connectivity index (χ2n) is 4.42. The van der Waals surface area contributed by atoms with E-state index in [0.29, 0.717) is 5.36 Å². The molecule has 5 heteroatoms. The first-order chi connectivity index (χ1) is 8.65. The van der Waals surface area contributed by atoms with E-state index in [9.17, 15) is 0 Å². The first-order valence-corrected chi connectivity index (χ1v) is 6.52. The van der Waals surface area contributed by atoms with Gasteiger partial charge in [0.15, 0.2) is 0 Å². The fourth-order valence-corrected chi connectivity index (χ4v) is 3.03. The maximum Gasteiger partial charge on any atom is 0.104 e. The summed E-state index contributed by atoms with van der Waals surface area (Å²) < 4.78 is 1.15. The van der Waals surface area contributed by atoms with Crippen molar-refractivity contribution in [1.29, 1.82) is 5.41 Å². The molecule has 3 nitrogen and oxygen atoms in total. The first-order valence-electron chi connectivity index (χ1n) is 5.71. The van der Waals surface area contributed by atoms with Crippen molar-refractivity contribution in [2.24, 2.45) is 0 Å². The highest BCUT2D eigenvalue weighted by molar-refractivity contribution is 7.21. The van der Waals surface area contributed by atoms with Gasteiger partial charge in [-0.1, -0.05) is 12.1 Å². The molecule has 0 unspecified atom stereocenters. The van der Waals surface area contributed by atoms with E-state index >= 15 is 0 Å². The van der Waals surface area contributed by atoms with Crippen LogP contribution in [-0.4, -0.2) is 19.1 Å². The SMILES string of the molecule is CN(C)c1cc(=N)cc2sc3ccccc3nc1-2.Cl. The Labute approximate surface area is 121 Å². The summed E-state index contributed by atoms with van der Waals surface area (Å²) in [7, 11) is 3.96. The summed E-state index contributed by atoms with van der Waals surface area (Å²) in [6.07, 6.45) is 0. The van der Waals surface area contributed by atoms with Crippen LogP contribution in [0.5, 0.6) is 0 Å². The van der Waals surface area contributed by atoms with Crippen molar-refractivity contribution >= 4 is 39.6 Å². The van der Waals surface area contributed by atoms with Gasteiger partial charge < -0.3 is 10.3 Å². The second kappa shape index (κ2) is 5.15. The maximum atomic E-state index is 7.87. The molecular weight excluding hydrogens is 278 g/mol. The van der Waals surface area contributed by atoms with Crippen LogP contribution >= 0.6 is 23.7 Å². The first kappa shape index (κ1) is 13.8. The van der Waals surface area contributed by atoms with Crippen LogP contribution < -0.4 is 10.3 Å². The van der Waals surface area contributed by atoms with Gasteiger partial charge in [-0.25, -0.2) is 4.98 Å². The topological polar surface area (TPSA) is 40.0 Å². The van der Waals surface area contributed by atoms with Gasteiger partial charge >= 0.3 is 0 Å². The number of nitrogens with one attached hydrogen (secondary N) is 1. The molecule has 0 bridgehead atoms. The highest BCUT2D eigenvalue weighted by atomic mass is 35.5. The summed E-state index contributed by atoms with van der Waals surface area (Å²) in [6, 6.07) is 11.9.